The van der Waals surface area contributed by atoms with E-state index in [9.17, 15) is 0 Å². The first-order valence-corrected chi connectivity index (χ1v) is 7.59. The molecule has 0 amide bonds. The predicted octanol–water partition coefficient (Wildman–Crippen LogP) is 4.64. The van der Waals surface area contributed by atoms with Crippen molar-refractivity contribution in [2.45, 2.75) is 19.2 Å². The Morgan fingerprint density at radius 3 is 2.80 bits per heavy atom. The number of imidazole rings is 1. The molecular formula is C16H15BrN2O. The van der Waals surface area contributed by atoms with E-state index in [-0.39, 0.29) is 0 Å². The zero-order chi connectivity index (χ0) is 14.1. The van der Waals surface area contributed by atoms with Crippen molar-refractivity contribution in [2.75, 3.05) is 0 Å². The molecule has 3 aromatic rings. The van der Waals surface area contributed by atoms with Gasteiger partial charge in [-0.05, 0) is 43.2 Å². The molecule has 2 aromatic heterocycles. The van der Waals surface area contributed by atoms with E-state index in [2.05, 4.69) is 40.8 Å². The van der Waals surface area contributed by atoms with Gasteiger partial charge in [-0.15, -0.1) is 0 Å². The molecule has 0 aliphatic rings. The summed E-state index contributed by atoms with van der Waals surface area (Å²) in [6.45, 7) is 4.14. The molecule has 3 rings (SSSR count). The summed E-state index contributed by atoms with van der Waals surface area (Å²) >= 11 is 3.51. The van der Waals surface area contributed by atoms with Crippen LogP contribution in [0.5, 0.6) is 11.6 Å². The lowest BCUT2D eigenvalue weighted by Gasteiger charge is -2.09. The molecule has 1 aromatic carbocycles. The van der Waals surface area contributed by atoms with Crippen molar-refractivity contribution in [3.63, 3.8) is 0 Å². The lowest BCUT2D eigenvalue weighted by Crippen LogP contribution is -1.94. The van der Waals surface area contributed by atoms with Gasteiger partial charge >= 0.3 is 0 Å². The molecule has 0 atom stereocenters. The van der Waals surface area contributed by atoms with Gasteiger partial charge in [0, 0.05) is 11.5 Å². The van der Waals surface area contributed by atoms with Crippen LogP contribution in [0.1, 0.15) is 16.8 Å². The Kier molecular flexibility index (Phi) is 3.49. The predicted molar refractivity (Wildman–Crippen MR) is 83.8 cm³/mol. The van der Waals surface area contributed by atoms with Gasteiger partial charge in [-0.25, -0.2) is 0 Å². The molecule has 20 heavy (non-hydrogen) atoms. The van der Waals surface area contributed by atoms with E-state index in [0.29, 0.717) is 11.2 Å². The summed E-state index contributed by atoms with van der Waals surface area (Å²) in [6, 6.07) is 12.0. The smallest absolute Gasteiger partial charge is 0.242 e. The van der Waals surface area contributed by atoms with E-state index in [1.807, 2.05) is 40.9 Å². The van der Waals surface area contributed by atoms with Gasteiger partial charge in [-0.1, -0.05) is 34.1 Å². The lowest BCUT2D eigenvalue weighted by atomic mass is 10.1. The van der Waals surface area contributed by atoms with E-state index in [4.69, 9.17) is 4.74 Å². The van der Waals surface area contributed by atoms with Gasteiger partial charge in [0.05, 0.1) is 5.69 Å². The Morgan fingerprint density at radius 2 is 2.00 bits per heavy atom. The van der Waals surface area contributed by atoms with Gasteiger partial charge in [0.15, 0.2) is 0 Å². The largest absolute Gasteiger partial charge is 0.437 e. The summed E-state index contributed by atoms with van der Waals surface area (Å²) in [5.41, 5.74) is 4.26. The Bertz CT molecular complexity index is 764. The Labute approximate surface area is 126 Å². The third-order valence-electron chi connectivity index (χ3n) is 3.48. The van der Waals surface area contributed by atoms with Crippen molar-refractivity contribution in [3.8, 4) is 11.6 Å². The van der Waals surface area contributed by atoms with Gasteiger partial charge in [-0.3, -0.25) is 4.40 Å². The normalized spacial score (nSPS) is 10.9. The molecule has 0 bridgehead atoms. The minimum Gasteiger partial charge on any atom is -0.437 e. The van der Waals surface area contributed by atoms with Crippen LogP contribution in [0.25, 0.3) is 5.65 Å². The number of rotatable bonds is 3. The standard InChI is InChI=1S/C16H15BrN2O/c1-11-6-5-7-14(12(11)2)20-16-13(10-17)19-9-4-3-8-15(19)18-16/h3-9H,10H2,1-2H3. The summed E-state index contributed by atoms with van der Waals surface area (Å²) in [5, 5.41) is 0.693. The maximum Gasteiger partial charge on any atom is 0.242 e. The number of fused-ring (bicyclic) bond motifs is 1. The van der Waals surface area contributed by atoms with Crippen LogP contribution in [0.4, 0.5) is 0 Å². The van der Waals surface area contributed by atoms with Crippen molar-refractivity contribution < 1.29 is 4.74 Å². The minimum atomic E-state index is 0.654. The summed E-state index contributed by atoms with van der Waals surface area (Å²) in [5.74, 6) is 1.51. The monoisotopic (exact) mass is 330 g/mol. The van der Waals surface area contributed by atoms with Gasteiger partial charge < -0.3 is 4.74 Å². The van der Waals surface area contributed by atoms with Crippen molar-refractivity contribution in [1.82, 2.24) is 9.38 Å². The first kappa shape index (κ1) is 13.2. The van der Waals surface area contributed by atoms with Crippen LogP contribution in [0.3, 0.4) is 0 Å². The highest BCUT2D eigenvalue weighted by molar-refractivity contribution is 9.08. The number of hydrogen-bond donors (Lipinski definition) is 0. The van der Waals surface area contributed by atoms with Crippen LogP contribution in [0, 0.1) is 13.8 Å². The van der Waals surface area contributed by atoms with E-state index in [1.165, 1.54) is 5.56 Å². The zero-order valence-electron chi connectivity index (χ0n) is 11.4. The SMILES string of the molecule is Cc1cccc(Oc2nc3ccccn3c2CBr)c1C. The van der Waals surface area contributed by atoms with E-state index < -0.39 is 0 Å². The fraction of sp³-hybridized carbons (Fsp3) is 0.188. The number of nitrogens with zero attached hydrogens (tertiary/aromatic N) is 2. The molecule has 0 radical (unpaired) electrons. The van der Waals surface area contributed by atoms with Gasteiger partial charge in [-0.2, -0.15) is 4.98 Å². The first-order chi connectivity index (χ1) is 9.70. The highest BCUT2D eigenvalue weighted by atomic mass is 79.9. The second-order valence-electron chi connectivity index (χ2n) is 4.73. The fourth-order valence-corrected chi connectivity index (χ4v) is 2.68. The number of ether oxygens (including phenoxy) is 1. The van der Waals surface area contributed by atoms with E-state index in [0.717, 1.165) is 22.7 Å². The molecule has 0 spiro atoms. The summed E-state index contributed by atoms with van der Waals surface area (Å²) in [6.07, 6.45) is 1.99. The van der Waals surface area contributed by atoms with Crippen molar-refractivity contribution in [3.05, 3.63) is 59.4 Å². The number of hydrogen-bond acceptors (Lipinski definition) is 2. The molecule has 0 saturated carbocycles. The molecule has 2 heterocycles. The quantitative estimate of drug-likeness (QED) is 0.654. The molecule has 0 fully saturated rings. The minimum absolute atomic E-state index is 0.654. The van der Waals surface area contributed by atoms with E-state index in [1.54, 1.807) is 0 Å². The van der Waals surface area contributed by atoms with Crippen LogP contribution >= 0.6 is 15.9 Å². The molecule has 0 aliphatic heterocycles. The van der Waals surface area contributed by atoms with Crippen LogP contribution in [0.2, 0.25) is 0 Å². The van der Waals surface area contributed by atoms with Crippen molar-refractivity contribution in [2.24, 2.45) is 0 Å². The first-order valence-electron chi connectivity index (χ1n) is 6.46. The third-order valence-corrected chi connectivity index (χ3v) is 4.01. The van der Waals surface area contributed by atoms with Gasteiger partial charge in [0.25, 0.3) is 0 Å². The molecule has 3 nitrogen and oxygen atoms in total. The second kappa shape index (κ2) is 5.29. The number of pyridine rings is 1. The number of benzene rings is 1. The number of alkyl halides is 1. The highest BCUT2D eigenvalue weighted by Crippen LogP contribution is 2.30. The van der Waals surface area contributed by atoms with E-state index >= 15 is 0 Å². The fourth-order valence-electron chi connectivity index (χ4n) is 2.17. The van der Waals surface area contributed by atoms with Crippen molar-refractivity contribution >= 4 is 21.6 Å². The number of halogens is 1. The molecule has 0 aliphatic carbocycles. The Balaban J connectivity index is 2.08. The zero-order valence-corrected chi connectivity index (χ0v) is 13.0. The van der Waals surface area contributed by atoms with Crippen LogP contribution in [-0.4, -0.2) is 9.38 Å². The topological polar surface area (TPSA) is 26.5 Å². The number of aromatic nitrogens is 2. The summed E-state index contributed by atoms with van der Waals surface area (Å²) in [4.78, 5) is 4.56. The van der Waals surface area contributed by atoms with Gasteiger partial charge in [0.1, 0.15) is 11.4 Å². The molecule has 0 saturated heterocycles. The number of aryl methyl sites for hydroxylation is 1. The van der Waals surface area contributed by atoms with Gasteiger partial charge in [0.2, 0.25) is 5.88 Å². The molecule has 4 heteroatoms. The molecule has 102 valence electrons. The maximum atomic E-state index is 6.04. The average Bonchev–Trinajstić information content (AvgIpc) is 2.81. The third kappa shape index (κ3) is 2.20. The van der Waals surface area contributed by atoms with Crippen LogP contribution < -0.4 is 4.74 Å². The second-order valence-corrected chi connectivity index (χ2v) is 5.29. The van der Waals surface area contributed by atoms with Crippen molar-refractivity contribution in [1.29, 1.82) is 0 Å². The summed E-state index contributed by atoms with van der Waals surface area (Å²) in [7, 11) is 0. The van der Waals surface area contributed by atoms with Crippen LogP contribution in [-0.2, 0) is 5.33 Å². The summed E-state index contributed by atoms with van der Waals surface area (Å²) < 4.78 is 8.07. The average molecular weight is 331 g/mol. The molecule has 0 unspecified atom stereocenters. The molecule has 0 N–H and O–H groups in total. The van der Waals surface area contributed by atoms with Crippen LogP contribution in [0.15, 0.2) is 42.6 Å². The maximum absolute atomic E-state index is 6.04. The highest BCUT2D eigenvalue weighted by Gasteiger charge is 2.14. The Hall–Kier alpha value is -1.81. The lowest BCUT2D eigenvalue weighted by molar-refractivity contribution is 0.458. The molecular weight excluding hydrogens is 316 g/mol. The Morgan fingerprint density at radius 1 is 1.15 bits per heavy atom.